The van der Waals surface area contributed by atoms with E-state index in [9.17, 15) is 17.6 Å². The number of ketones is 1. The number of anilines is 1. The van der Waals surface area contributed by atoms with E-state index in [1.807, 2.05) is 0 Å². The Morgan fingerprint density at radius 3 is 2.47 bits per heavy atom. The third-order valence-electron chi connectivity index (χ3n) is 1.65. The van der Waals surface area contributed by atoms with Crippen LogP contribution < -0.4 is 4.72 Å². The van der Waals surface area contributed by atoms with Crippen molar-refractivity contribution in [2.75, 3.05) is 11.0 Å². The molecule has 0 atom stereocenters. The van der Waals surface area contributed by atoms with Crippen LogP contribution in [-0.2, 0) is 10.0 Å². The quantitative estimate of drug-likeness (QED) is 0.800. The van der Waals surface area contributed by atoms with E-state index < -0.39 is 21.6 Å². The van der Waals surface area contributed by atoms with Crippen LogP contribution in [0.15, 0.2) is 18.2 Å². The van der Waals surface area contributed by atoms with Gasteiger partial charge in [0.1, 0.15) is 5.82 Å². The highest BCUT2D eigenvalue weighted by molar-refractivity contribution is 7.92. The standard InChI is InChI=1S/C9H10FNO3S/c1-6(12)8-5-7(3-4-9(8)10)11-15(2,13)14/h3-5,11H,1-2H3. The van der Waals surface area contributed by atoms with E-state index in [0.717, 1.165) is 12.3 Å². The highest BCUT2D eigenvalue weighted by Crippen LogP contribution is 2.16. The third-order valence-corrected chi connectivity index (χ3v) is 2.26. The van der Waals surface area contributed by atoms with Crippen molar-refractivity contribution in [3.63, 3.8) is 0 Å². The predicted molar refractivity (Wildman–Crippen MR) is 54.9 cm³/mol. The van der Waals surface area contributed by atoms with Crippen LogP contribution in [0.25, 0.3) is 0 Å². The molecule has 0 aliphatic heterocycles. The van der Waals surface area contributed by atoms with Gasteiger partial charge in [0.05, 0.1) is 11.8 Å². The van der Waals surface area contributed by atoms with Crippen LogP contribution in [0.5, 0.6) is 0 Å². The second-order valence-corrected chi connectivity index (χ2v) is 4.87. The number of nitrogens with one attached hydrogen (secondary N) is 1. The summed E-state index contributed by atoms with van der Waals surface area (Å²) in [6, 6.07) is 3.46. The summed E-state index contributed by atoms with van der Waals surface area (Å²) in [4.78, 5) is 11.0. The molecule has 0 unspecified atom stereocenters. The molecular formula is C9H10FNO3S. The molecule has 0 heterocycles. The third kappa shape index (κ3) is 3.32. The number of hydrogen-bond donors (Lipinski definition) is 1. The number of halogens is 1. The van der Waals surface area contributed by atoms with Gasteiger partial charge in [-0.25, -0.2) is 12.8 Å². The number of sulfonamides is 1. The number of benzene rings is 1. The minimum absolute atomic E-state index is 0.136. The highest BCUT2D eigenvalue weighted by Gasteiger charge is 2.09. The van der Waals surface area contributed by atoms with Crippen molar-refractivity contribution in [3.05, 3.63) is 29.6 Å². The molecule has 0 bridgehead atoms. The van der Waals surface area contributed by atoms with Gasteiger partial charge in [-0.1, -0.05) is 0 Å². The van der Waals surface area contributed by atoms with Crippen LogP contribution in [0.1, 0.15) is 17.3 Å². The van der Waals surface area contributed by atoms with Gasteiger partial charge < -0.3 is 0 Å². The first-order valence-corrected chi connectivity index (χ1v) is 5.97. The molecule has 1 aromatic carbocycles. The SMILES string of the molecule is CC(=O)c1cc(NS(C)(=O)=O)ccc1F. The van der Waals surface area contributed by atoms with Gasteiger partial charge in [-0.15, -0.1) is 0 Å². The second kappa shape index (κ2) is 3.98. The van der Waals surface area contributed by atoms with Gasteiger partial charge in [0.15, 0.2) is 5.78 Å². The Morgan fingerprint density at radius 1 is 1.40 bits per heavy atom. The van der Waals surface area contributed by atoms with E-state index in [2.05, 4.69) is 4.72 Å². The van der Waals surface area contributed by atoms with Crippen molar-refractivity contribution in [1.29, 1.82) is 0 Å². The average Bonchev–Trinajstić information content (AvgIpc) is 2.05. The Kier molecular flexibility index (Phi) is 3.09. The fourth-order valence-corrected chi connectivity index (χ4v) is 1.63. The number of carbonyl (C=O) groups is 1. The summed E-state index contributed by atoms with van der Waals surface area (Å²) in [5.74, 6) is -1.12. The summed E-state index contributed by atoms with van der Waals surface area (Å²) in [6.07, 6.45) is 0.976. The van der Waals surface area contributed by atoms with E-state index >= 15 is 0 Å². The Hall–Kier alpha value is -1.43. The fourth-order valence-electron chi connectivity index (χ4n) is 1.07. The average molecular weight is 231 g/mol. The molecule has 0 fully saturated rings. The van der Waals surface area contributed by atoms with Gasteiger partial charge in [0.25, 0.3) is 0 Å². The number of hydrogen-bond acceptors (Lipinski definition) is 3. The summed E-state index contributed by atoms with van der Waals surface area (Å²) in [6.45, 7) is 1.21. The summed E-state index contributed by atoms with van der Waals surface area (Å²) in [7, 11) is -3.42. The summed E-state index contributed by atoms with van der Waals surface area (Å²) in [5.41, 5.74) is 0.0350. The molecule has 4 nitrogen and oxygen atoms in total. The zero-order valence-corrected chi connectivity index (χ0v) is 9.06. The van der Waals surface area contributed by atoms with Gasteiger partial charge in [0.2, 0.25) is 10.0 Å². The van der Waals surface area contributed by atoms with Crippen molar-refractivity contribution >= 4 is 21.5 Å². The summed E-state index contributed by atoms with van der Waals surface area (Å²) in [5, 5.41) is 0. The first-order valence-electron chi connectivity index (χ1n) is 4.08. The van der Waals surface area contributed by atoms with Crippen LogP contribution in [-0.4, -0.2) is 20.5 Å². The van der Waals surface area contributed by atoms with E-state index in [-0.39, 0.29) is 11.3 Å². The largest absolute Gasteiger partial charge is 0.294 e. The molecule has 0 spiro atoms. The molecular weight excluding hydrogens is 221 g/mol. The first kappa shape index (κ1) is 11.6. The van der Waals surface area contributed by atoms with Gasteiger partial charge in [-0.2, -0.15) is 0 Å². The maximum Gasteiger partial charge on any atom is 0.229 e. The maximum atomic E-state index is 13.1. The summed E-state index contributed by atoms with van der Waals surface area (Å²) < 4.78 is 37.0. The van der Waals surface area contributed by atoms with Crippen LogP contribution in [0, 0.1) is 5.82 Å². The Morgan fingerprint density at radius 2 is 2.00 bits per heavy atom. The summed E-state index contributed by atoms with van der Waals surface area (Å²) >= 11 is 0. The zero-order chi connectivity index (χ0) is 11.6. The number of rotatable bonds is 3. The molecule has 0 aliphatic rings. The number of carbonyl (C=O) groups excluding carboxylic acids is 1. The smallest absolute Gasteiger partial charge is 0.229 e. The molecule has 1 rings (SSSR count). The lowest BCUT2D eigenvalue weighted by Gasteiger charge is -2.05. The number of Topliss-reactive ketones (excluding diaryl/α,β-unsaturated/α-hetero) is 1. The van der Waals surface area contributed by atoms with Gasteiger partial charge in [-0.3, -0.25) is 9.52 Å². The zero-order valence-electron chi connectivity index (χ0n) is 8.24. The van der Waals surface area contributed by atoms with Crippen molar-refractivity contribution in [2.45, 2.75) is 6.92 Å². The normalized spacial score (nSPS) is 11.1. The van der Waals surface area contributed by atoms with E-state index in [1.165, 1.54) is 19.1 Å². The van der Waals surface area contributed by atoms with Gasteiger partial charge in [-0.05, 0) is 25.1 Å². The molecule has 82 valence electrons. The fraction of sp³-hybridized carbons (Fsp3) is 0.222. The Balaban J connectivity index is 3.14. The Labute approximate surface area is 87.2 Å². The lowest BCUT2D eigenvalue weighted by Crippen LogP contribution is -2.10. The minimum atomic E-state index is -3.42. The van der Waals surface area contributed by atoms with Crippen LogP contribution in [0.3, 0.4) is 0 Å². The molecule has 0 amide bonds. The van der Waals surface area contributed by atoms with Crippen molar-refractivity contribution in [2.24, 2.45) is 0 Å². The molecule has 0 saturated heterocycles. The topological polar surface area (TPSA) is 63.2 Å². The molecule has 0 saturated carbocycles. The maximum absolute atomic E-state index is 13.1. The van der Waals surface area contributed by atoms with E-state index in [0.29, 0.717) is 0 Å². The van der Waals surface area contributed by atoms with E-state index in [1.54, 1.807) is 0 Å². The van der Waals surface area contributed by atoms with E-state index in [4.69, 9.17) is 0 Å². The second-order valence-electron chi connectivity index (χ2n) is 3.13. The Bertz CT molecular complexity index is 496. The van der Waals surface area contributed by atoms with Gasteiger partial charge in [0, 0.05) is 5.69 Å². The molecule has 0 radical (unpaired) electrons. The molecule has 1 aromatic rings. The minimum Gasteiger partial charge on any atom is -0.294 e. The van der Waals surface area contributed by atoms with Crippen LogP contribution in [0.2, 0.25) is 0 Å². The lowest BCUT2D eigenvalue weighted by atomic mass is 10.1. The van der Waals surface area contributed by atoms with Gasteiger partial charge >= 0.3 is 0 Å². The van der Waals surface area contributed by atoms with Crippen LogP contribution in [0.4, 0.5) is 10.1 Å². The monoisotopic (exact) mass is 231 g/mol. The molecule has 0 aliphatic carbocycles. The predicted octanol–water partition coefficient (Wildman–Crippen LogP) is 1.40. The molecule has 15 heavy (non-hydrogen) atoms. The molecule has 0 aromatic heterocycles. The van der Waals surface area contributed by atoms with Crippen molar-refractivity contribution in [3.8, 4) is 0 Å². The van der Waals surface area contributed by atoms with Crippen molar-refractivity contribution in [1.82, 2.24) is 0 Å². The van der Waals surface area contributed by atoms with Crippen LogP contribution >= 0.6 is 0 Å². The highest BCUT2D eigenvalue weighted by atomic mass is 32.2. The molecule has 1 N–H and O–H groups in total. The lowest BCUT2D eigenvalue weighted by molar-refractivity contribution is 0.101. The molecule has 6 heteroatoms. The first-order chi connectivity index (χ1) is 6.79. The van der Waals surface area contributed by atoms with Crippen molar-refractivity contribution < 1.29 is 17.6 Å².